The summed E-state index contributed by atoms with van der Waals surface area (Å²) in [5.41, 5.74) is 12.4. The van der Waals surface area contributed by atoms with Crippen LogP contribution in [0.2, 0.25) is 0 Å². The van der Waals surface area contributed by atoms with E-state index in [0.717, 1.165) is 5.56 Å². The fourth-order valence-corrected chi connectivity index (χ4v) is 3.46. The molecule has 194 valence electrons. The summed E-state index contributed by atoms with van der Waals surface area (Å²) in [7, 11) is 3.56. The van der Waals surface area contributed by atoms with Crippen LogP contribution in [0.5, 0.6) is 0 Å². The average Bonchev–Trinajstić information content (AvgIpc) is 2.79. The third kappa shape index (κ3) is 8.42. The lowest BCUT2D eigenvalue weighted by molar-refractivity contribution is -0.140. The van der Waals surface area contributed by atoms with E-state index < -0.39 is 23.9 Å². The van der Waals surface area contributed by atoms with Crippen molar-refractivity contribution in [1.29, 1.82) is 0 Å². The van der Waals surface area contributed by atoms with Gasteiger partial charge in [-0.05, 0) is 43.4 Å². The molecule has 0 radical (unpaired) electrons. The first-order chi connectivity index (χ1) is 17.0. The van der Waals surface area contributed by atoms with Gasteiger partial charge in [-0.25, -0.2) is 4.79 Å². The number of H-pyrrole nitrogens is 1. The summed E-state index contributed by atoms with van der Waals surface area (Å²) in [6, 6.07) is 5.28. The highest BCUT2D eigenvalue weighted by molar-refractivity contribution is 5.96. The van der Waals surface area contributed by atoms with Crippen molar-refractivity contribution in [3.8, 4) is 0 Å². The summed E-state index contributed by atoms with van der Waals surface area (Å²) in [4.78, 5) is 53.0. The van der Waals surface area contributed by atoms with E-state index in [0.29, 0.717) is 24.8 Å². The van der Waals surface area contributed by atoms with Crippen LogP contribution < -0.4 is 22.3 Å². The molecule has 2 rings (SSSR count). The number of rotatable bonds is 13. The van der Waals surface area contributed by atoms with Gasteiger partial charge in [0.15, 0.2) is 0 Å². The molecule has 1 unspecified atom stereocenters. The maximum atomic E-state index is 12.5. The van der Waals surface area contributed by atoms with Gasteiger partial charge in [-0.1, -0.05) is 12.1 Å². The number of anilines is 2. The third-order valence-electron chi connectivity index (χ3n) is 5.34. The maximum Gasteiger partial charge on any atom is 0.326 e. The molecule has 2 atom stereocenters. The number of aliphatic carboxylic acids is 2. The highest BCUT2D eigenvalue weighted by Gasteiger charge is 2.22. The van der Waals surface area contributed by atoms with Gasteiger partial charge in [-0.3, -0.25) is 19.4 Å². The van der Waals surface area contributed by atoms with Gasteiger partial charge in [0.2, 0.25) is 5.95 Å². The lowest BCUT2D eigenvalue weighted by Crippen LogP contribution is -2.41. The summed E-state index contributed by atoms with van der Waals surface area (Å²) < 4.78 is 0. The molecule has 1 aromatic heterocycles. The number of aromatic nitrogens is 2. The molecule has 1 amide bonds. The second-order valence-electron chi connectivity index (χ2n) is 8.34. The number of hydrogen-bond donors (Lipinski definition) is 6. The molecule has 0 aliphatic heterocycles. The predicted octanol–water partition coefficient (Wildman–Crippen LogP) is 0.636. The number of benzene rings is 1. The van der Waals surface area contributed by atoms with Gasteiger partial charge in [-0.2, -0.15) is 10.1 Å². The van der Waals surface area contributed by atoms with Gasteiger partial charge >= 0.3 is 11.9 Å². The molecule has 1 heterocycles. The van der Waals surface area contributed by atoms with Crippen molar-refractivity contribution in [3.05, 3.63) is 51.3 Å². The topological polar surface area (TPSA) is 217 Å². The normalized spacial score (nSPS) is 12.7. The second-order valence-corrected chi connectivity index (χ2v) is 8.34. The first-order valence-corrected chi connectivity index (χ1v) is 11.2. The van der Waals surface area contributed by atoms with E-state index in [4.69, 9.17) is 16.6 Å². The van der Waals surface area contributed by atoms with Crippen LogP contribution in [0.3, 0.4) is 0 Å². The van der Waals surface area contributed by atoms with E-state index in [9.17, 15) is 24.3 Å². The van der Waals surface area contributed by atoms with Crippen LogP contribution in [-0.2, 0) is 16.0 Å². The highest BCUT2D eigenvalue weighted by Crippen LogP contribution is 2.22. The first-order valence-electron chi connectivity index (χ1n) is 11.2. The van der Waals surface area contributed by atoms with Gasteiger partial charge in [0.1, 0.15) is 11.9 Å². The standard InChI is InChI=1S/C23H31N7O6/c1-30(2)26-12-15(4-3-5-16-19(24)28-23(25)29-21(16)34)13-6-8-14(9-7-13)20(33)27-17(22(35)36)10-11-18(31)32/h6-9,12,15,17H,3-5,10-11H2,1-2H3,(H,27,33)(H,31,32)(H,35,36)(H5,24,25,28,29,34)/t15?,17-/m0/s1. The number of nitrogens with zero attached hydrogens (tertiary/aromatic N) is 3. The first kappa shape index (κ1) is 27.8. The molecule has 0 saturated carbocycles. The van der Waals surface area contributed by atoms with Gasteiger partial charge in [0.05, 0.1) is 5.56 Å². The van der Waals surface area contributed by atoms with Crippen molar-refractivity contribution in [2.75, 3.05) is 25.6 Å². The third-order valence-corrected chi connectivity index (χ3v) is 5.34. The minimum atomic E-state index is -1.31. The number of carboxylic acid groups (broad SMARTS) is 2. The molecule has 0 fully saturated rings. The fourth-order valence-electron chi connectivity index (χ4n) is 3.46. The van der Waals surface area contributed by atoms with Crippen molar-refractivity contribution in [2.45, 2.75) is 44.1 Å². The Labute approximate surface area is 207 Å². The molecule has 1 aromatic carbocycles. The molecular formula is C23H31N7O6. The maximum absolute atomic E-state index is 12.5. The zero-order valence-corrected chi connectivity index (χ0v) is 20.1. The fraction of sp³-hybridized carbons (Fsp3) is 0.391. The second kappa shape index (κ2) is 12.9. The van der Waals surface area contributed by atoms with Crippen LogP contribution in [0.25, 0.3) is 0 Å². The molecule has 0 bridgehead atoms. The van der Waals surface area contributed by atoms with Crippen molar-refractivity contribution in [2.24, 2.45) is 5.10 Å². The quantitative estimate of drug-likeness (QED) is 0.166. The Morgan fingerprint density at radius 3 is 2.39 bits per heavy atom. The Balaban J connectivity index is 2.12. The van der Waals surface area contributed by atoms with Crippen molar-refractivity contribution in [1.82, 2.24) is 20.3 Å². The van der Waals surface area contributed by atoms with E-state index >= 15 is 0 Å². The summed E-state index contributed by atoms with van der Waals surface area (Å²) in [6.45, 7) is 0. The minimum Gasteiger partial charge on any atom is -0.481 e. The Hall–Kier alpha value is -4.42. The molecule has 0 aliphatic carbocycles. The number of hydrogen-bond acceptors (Lipinski definition) is 9. The number of nitrogens with two attached hydrogens (primary N) is 2. The van der Waals surface area contributed by atoms with E-state index in [2.05, 4.69) is 20.4 Å². The molecular weight excluding hydrogens is 470 g/mol. The van der Waals surface area contributed by atoms with Crippen molar-refractivity contribution in [3.63, 3.8) is 0 Å². The Bertz CT molecular complexity index is 1160. The predicted molar refractivity (Wildman–Crippen MR) is 134 cm³/mol. The van der Waals surface area contributed by atoms with E-state index in [1.54, 1.807) is 49.6 Å². The number of carbonyl (C=O) groups is 3. The van der Waals surface area contributed by atoms with Crippen LogP contribution in [0.4, 0.5) is 11.8 Å². The average molecular weight is 502 g/mol. The Kier molecular flexibility index (Phi) is 9.95. The number of nitrogen functional groups attached to an aromatic ring is 2. The summed E-state index contributed by atoms with van der Waals surface area (Å²) in [5.74, 6) is -3.18. The lowest BCUT2D eigenvalue weighted by Gasteiger charge is -2.16. The Morgan fingerprint density at radius 2 is 1.83 bits per heavy atom. The summed E-state index contributed by atoms with van der Waals surface area (Å²) in [5, 5.41) is 26.3. The minimum absolute atomic E-state index is 0.0436. The Morgan fingerprint density at radius 1 is 1.17 bits per heavy atom. The number of carboxylic acids is 2. The van der Waals surface area contributed by atoms with Gasteiger partial charge in [0, 0.05) is 38.2 Å². The molecule has 8 N–H and O–H groups in total. The molecule has 0 aliphatic rings. The summed E-state index contributed by atoms with van der Waals surface area (Å²) >= 11 is 0. The van der Waals surface area contributed by atoms with E-state index in [1.165, 1.54) is 0 Å². The number of amides is 1. The van der Waals surface area contributed by atoms with Crippen LogP contribution >= 0.6 is 0 Å². The van der Waals surface area contributed by atoms with Gasteiger partial charge in [0.25, 0.3) is 11.5 Å². The van der Waals surface area contributed by atoms with E-state index in [-0.39, 0.29) is 41.6 Å². The van der Waals surface area contributed by atoms with Crippen LogP contribution in [0.15, 0.2) is 34.2 Å². The molecule has 0 saturated heterocycles. The molecule has 13 heteroatoms. The monoisotopic (exact) mass is 501 g/mol. The number of carbonyl (C=O) groups excluding carboxylic acids is 1. The summed E-state index contributed by atoms with van der Waals surface area (Å²) in [6.07, 6.45) is 2.74. The number of aromatic amines is 1. The van der Waals surface area contributed by atoms with Gasteiger partial charge in [-0.15, -0.1) is 0 Å². The number of nitrogens with one attached hydrogen (secondary N) is 2. The molecule has 36 heavy (non-hydrogen) atoms. The van der Waals surface area contributed by atoms with Gasteiger partial charge < -0.3 is 32.0 Å². The van der Waals surface area contributed by atoms with Crippen molar-refractivity contribution < 1.29 is 24.6 Å². The van der Waals surface area contributed by atoms with Crippen LogP contribution in [0.1, 0.15) is 53.1 Å². The van der Waals surface area contributed by atoms with Crippen molar-refractivity contribution >= 4 is 35.8 Å². The zero-order valence-electron chi connectivity index (χ0n) is 20.1. The SMILES string of the molecule is CN(C)N=CC(CCCc1c(N)nc(N)[nH]c1=O)c1ccc(C(=O)N[C@@H](CCC(=O)O)C(=O)O)cc1. The molecule has 13 nitrogen and oxygen atoms in total. The highest BCUT2D eigenvalue weighted by atomic mass is 16.4. The number of hydrazone groups is 1. The molecule has 0 spiro atoms. The van der Waals surface area contributed by atoms with Crippen LogP contribution in [-0.4, -0.2) is 69.4 Å². The lowest BCUT2D eigenvalue weighted by atomic mass is 9.93. The molecule has 2 aromatic rings. The smallest absolute Gasteiger partial charge is 0.326 e. The zero-order chi connectivity index (χ0) is 26.8. The largest absolute Gasteiger partial charge is 0.481 e. The van der Waals surface area contributed by atoms with E-state index in [1.807, 2.05) is 0 Å². The van der Waals surface area contributed by atoms with Crippen LogP contribution in [0, 0.1) is 0 Å².